The van der Waals surface area contributed by atoms with E-state index in [4.69, 9.17) is 0 Å². The summed E-state index contributed by atoms with van der Waals surface area (Å²) in [6.45, 7) is 0. The van der Waals surface area contributed by atoms with E-state index in [0.717, 1.165) is 16.8 Å². The Morgan fingerprint density at radius 3 is 2.93 bits per heavy atom. The second-order valence-corrected chi connectivity index (χ2v) is 3.54. The molecule has 1 aromatic carbocycles. The van der Waals surface area contributed by atoms with E-state index in [0.29, 0.717) is 0 Å². The Morgan fingerprint density at radius 1 is 1.27 bits per heavy atom. The predicted octanol–water partition coefficient (Wildman–Crippen LogP) is 1.49. The van der Waals surface area contributed by atoms with Gasteiger partial charge in [-0.1, -0.05) is 18.2 Å². The molecule has 0 radical (unpaired) electrons. The molecule has 4 heteroatoms. The van der Waals surface area contributed by atoms with Gasteiger partial charge in [-0.25, -0.2) is 0 Å². The minimum Gasteiger partial charge on any atom is -0.325 e. The fourth-order valence-corrected chi connectivity index (χ4v) is 1.96. The molecule has 0 spiro atoms. The zero-order chi connectivity index (χ0) is 10.3. The number of carbonyl (C=O) groups is 1. The van der Waals surface area contributed by atoms with Crippen LogP contribution in [0.25, 0.3) is 0 Å². The normalized spacial score (nSPS) is 18.7. The van der Waals surface area contributed by atoms with E-state index in [9.17, 15) is 4.79 Å². The Labute approximate surface area is 86.3 Å². The summed E-state index contributed by atoms with van der Waals surface area (Å²) in [5.41, 5.74) is 2.81. The van der Waals surface area contributed by atoms with E-state index < -0.39 is 0 Å². The van der Waals surface area contributed by atoms with Crippen molar-refractivity contribution in [2.24, 2.45) is 0 Å². The van der Waals surface area contributed by atoms with Gasteiger partial charge in [-0.15, -0.1) is 0 Å². The number of nitrogens with one attached hydrogen (secondary N) is 2. The topological polar surface area (TPSA) is 57.8 Å². The monoisotopic (exact) mass is 199 g/mol. The highest BCUT2D eigenvalue weighted by Gasteiger charge is 2.31. The Bertz CT molecular complexity index is 504. The van der Waals surface area contributed by atoms with E-state index in [1.165, 1.54) is 0 Å². The molecule has 0 fully saturated rings. The molecule has 2 N–H and O–H groups in total. The average molecular weight is 199 g/mol. The van der Waals surface area contributed by atoms with E-state index in [1.54, 1.807) is 12.4 Å². The van der Waals surface area contributed by atoms with Crippen molar-refractivity contribution in [2.45, 2.75) is 5.92 Å². The smallest absolute Gasteiger partial charge is 0.236 e. The van der Waals surface area contributed by atoms with Crippen molar-refractivity contribution in [3.05, 3.63) is 47.8 Å². The first kappa shape index (κ1) is 8.23. The van der Waals surface area contributed by atoms with Crippen LogP contribution in [0.5, 0.6) is 0 Å². The van der Waals surface area contributed by atoms with Crippen molar-refractivity contribution in [2.75, 3.05) is 5.32 Å². The summed E-state index contributed by atoms with van der Waals surface area (Å²) < 4.78 is 0. The van der Waals surface area contributed by atoms with Crippen molar-refractivity contribution in [1.82, 2.24) is 10.2 Å². The molecule has 0 aliphatic carbocycles. The molecular weight excluding hydrogens is 190 g/mol. The van der Waals surface area contributed by atoms with E-state index in [-0.39, 0.29) is 11.8 Å². The molecule has 2 aromatic rings. The molecule has 1 aliphatic rings. The molecule has 0 saturated carbocycles. The molecular formula is C11H9N3O. The lowest BCUT2D eigenvalue weighted by molar-refractivity contribution is -0.116. The Balaban J connectivity index is 2.14. The Hall–Kier alpha value is -2.10. The van der Waals surface area contributed by atoms with Gasteiger partial charge in [0.15, 0.2) is 0 Å². The van der Waals surface area contributed by atoms with Gasteiger partial charge in [-0.05, 0) is 11.6 Å². The van der Waals surface area contributed by atoms with Gasteiger partial charge >= 0.3 is 0 Å². The number of anilines is 1. The van der Waals surface area contributed by atoms with Gasteiger partial charge in [0.25, 0.3) is 0 Å². The summed E-state index contributed by atoms with van der Waals surface area (Å²) in [6.07, 6.45) is 3.44. The van der Waals surface area contributed by atoms with Crippen LogP contribution in [0.15, 0.2) is 36.7 Å². The van der Waals surface area contributed by atoms with Crippen LogP contribution in [-0.2, 0) is 4.79 Å². The van der Waals surface area contributed by atoms with Crippen molar-refractivity contribution in [3.63, 3.8) is 0 Å². The van der Waals surface area contributed by atoms with E-state index in [2.05, 4.69) is 15.5 Å². The van der Waals surface area contributed by atoms with Crippen molar-refractivity contribution in [3.8, 4) is 0 Å². The number of nitrogens with zero attached hydrogens (tertiary/aromatic N) is 1. The summed E-state index contributed by atoms with van der Waals surface area (Å²) in [7, 11) is 0. The number of H-pyrrole nitrogens is 1. The number of para-hydroxylation sites is 1. The third-order valence-corrected chi connectivity index (χ3v) is 2.64. The van der Waals surface area contributed by atoms with Crippen LogP contribution in [0, 0.1) is 0 Å². The number of rotatable bonds is 1. The zero-order valence-corrected chi connectivity index (χ0v) is 7.90. The van der Waals surface area contributed by atoms with Crippen molar-refractivity contribution >= 4 is 11.6 Å². The maximum atomic E-state index is 11.8. The number of benzene rings is 1. The highest BCUT2D eigenvalue weighted by molar-refractivity contribution is 6.04. The minimum atomic E-state index is -0.222. The van der Waals surface area contributed by atoms with Crippen LogP contribution in [0.2, 0.25) is 0 Å². The summed E-state index contributed by atoms with van der Waals surface area (Å²) in [5, 5.41) is 9.45. The zero-order valence-electron chi connectivity index (χ0n) is 7.90. The lowest BCUT2D eigenvalue weighted by Gasteiger charge is -2.04. The molecule has 1 atom stereocenters. The average Bonchev–Trinajstić information content (AvgIpc) is 2.82. The summed E-state index contributed by atoms with van der Waals surface area (Å²) in [6, 6.07) is 7.72. The van der Waals surface area contributed by atoms with Gasteiger partial charge in [-0.3, -0.25) is 9.89 Å². The van der Waals surface area contributed by atoms with Gasteiger partial charge in [-0.2, -0.15) is 5.10 Å². The maximum Gasteiger partial charge on any atom is 0.236 e. The molecule has 3 rings (SSSR count). The largest absolute Gasteiger partial charge is 0.325 e. The SMILES string of the molecule is O=C1Nc2ccccc2C1c1cn[nH]c1. The van der Waals surface area contributed by atoms with Gasteiger partial charge in [0.05, 0.1) is 12.1 Å². The number of amides is 1. The summed E-state index contributed by atoms with van der Waals surface area (Å²) in [4.78, 5) is 11.8. The van der Waals surface area contributed by atoms with Crippen LogP contribution >= 0.6 is 0 Å². The molecule has 1 amide bonds. The fourth-order valence-electron chi connectivity index (χ4n) is 1.96. The fraction of sp³-hybridized carbons (Fsp3) is 0.0909. The number of hydrogen-bond donors (Lipinski definition) is 2. The van der Waals surface area contributed by atoms with Crippen LogP contribution < -0.4 is 5.32 Å². The van der Waals surface area contributed by atoms with E-state index >= 15 is 0 Å². The molecule has 0 saturated heterocycles. The lowest BCUT2D eigenvalue weighted by Crippen LogP contribution is -2.12. The first-order chi connectivity index (χ1) is 7.36. The highest BCUT2D eigenvalue weighted by atomic mass is 16.2. The van der Waals surface area contributed by atoms with E-state index in [1.807, 2.05) is 24.3 Å². The summed E-state index contributed by atoms with van der Waals surface area (Å²) >= 11 is 0. The molecule has 1 unspecified atom stereocenters. The number of carbonyl (C=O) groups excluding carboxylic acids is 1. The molecule has 15 heavy (non-hydrogen) atoms. The quantitative estimate of drug-likeness (QED) is 0.731. The second-order valence-electron chi connectivity index (χ2n) is 3.54. The van der Waals surface area contributed by atoms with Gasteiger partial charge in [0, 0.05) is 17.4 Å². The van der Waals surface area contributed by atoms with Crippen LogP contribution in [0.4, 0.5) is 5.69 Å². The van der Waals surface area contributed by atoms with Gasteiger partial charge in [0.1, 0.15) is 0 Å². The van der Waals surface area contributed by atoms with Gasteiger partial charge in [0.2, 0.25) is 5.91 Å². The summed E-state index contributed by atoms with van der Waals surface area (Å²) in [5.74, 6) is -0.211. The number of aromatic amines is 1. The number of fused-ring (bicyclic) bond motifs is 1. The first-order valence-electron chi connectivity index (χ1n) is 4.75. The standard InChI is InChI=1S/C11H9N3O/c15-11-10(7-5-12-13-6-7)8-3-1-2-4-9(8)14-11/h1-6,10H,(H,12,13)(H,14,15). The third-order valence-electron chi connectivity index (χ3n) is 2.64. The molecule has 2 heterocycles. The lowest BCUT2D eigenvalue weighted by atomic mass is 9.95. The molecule has 1 aliphatic heterocycles. The van der Waals surface area contributed by atoms with Crippen molar-refractivity contribution < 1.29 is 4.79 Å². The Morgan fingerprint density at radius 2 is 2.13 bits per heavy atom. The van der Waals surface area contributed by atoms with Crippen molar-refractivity contribution in [1.29, 1.82) is 0 Å². The predicted molar refractivity (Wildman–Crippen MR) is 55.5 cm³/mol. The maximum absolute atomic E-state index is 11.8. The van der Waals surface area contributed by atoms with Crippen LogP contribution in [0.1, 0.15) is 17.0 Å². The second kappa shape index (κ2) is 2.95. The molecule has 74 valence electrons. The third kappa shape index (κ3) is 1.15. The molecule has 1 aromatic heterocycles. The number of hydrogen-bond acceptors (Lipinski definition) is 2. The Kier molecular flexibility index (Phi) is 1.62. The molecule has 0 bridgehead atoms. The minimum absolute atomic E-state index is 0.0117. The highest BCUT2D eigenvalue weighted by Crippen LogP contribution is 2.36. The molecule has 4 nitrogen and oxygen atoms in total. The first-order valence-corrected chi connectivity index (χ1v) is 4.75. The van der Waals surface area contributed by atoms with Crippen LogP contribution in [-0.4, -0.2) is 16.1 Å². The number of aromatic nitrogens is 2. The van der Waals surface area contributed by atoms with Gasteiger partial charge < -0.3 is 5.32 Å². The van der Waals surface area contributed by atoms with Crippen LogP contribution in [0.3, 0.4) is 0 Å².